The Bertz CT molecular complexity index is 1020. The lowest BCUT2D eigenvalue weighted by Crippen LogP contribution is -2.26. The van der Waals surface area contributed by atoms with Crippen LogP contribution >= 0.6 is 11.6 Å². The fourth-order valence-corrected chi connectivity index (χ4v) is 3.12. The highest BCUT2D eigenvalue weighted by Crippen LogP contribution is 2.16. The number of unbranched alkanes of at least 4 members (excludes halogenated alkanes) is 1. The van der Waals surface area contributed by atoms with Crippen molar-refractivity contribution in [2.45, 2.75) is 46.0 Å². The number of amides is 1. The van der Waals surface area contributed by atoms with Crippen molar-refractivity contribution < 1.29 is 13.7 Å². The summed E-state index contributed by atoms with van der Waals surface area (Å²) >= 11 is 5.91. The van der Waals surface area contributed by atoms with Crippen LogP contribution in [-0.2, 0) is 12.8 Å². The number of benzene rings is 1. The molecule has 2 aromatic heterocycles. The van der Waals surface area contributed by atoms with Crippen molar-refractivity contribution in [1.82, 2.24) is 25.4 Å². The quantitative estimate of drug-likeness (QED) is 0.382. The van der Waals surface area contributed by atoms with Crippen LogP contribution in [0.4, 0.5) is 10.2 Å². The molecule has 2 heterocycles. The summed E-state index contributed by atoms with van der Waals surface area (Å²) < 4.78 is 18.9. The molecule has 10 heteroatoms. The zero-order chi connectivity index (χ0) is 22.2. The molecule has 0 aliphatic heterocycles. The summed E-state index contributed by atoms with van der Waals surface area (Å²) in [7, 11) is 0. The summed E-state index contributed by atoms with van der Waals surface area (Å²) in [5.41, 5.74) is 1.68. The molecule has 0 aliphatic carbocycles. The third kappa shape index (κ3) is 6.52. The van der Waals surface area contributed by atoms with Crippen LogP contribution in [0.15, 0.2) is 22.7 Å². The minimum absolute atomic E-state index is 0.164. The number of carbonyl (C=O) groups is 1. The lowest BCUT2D eigenvalue weighted by molar-refractivity contribution is 0.0949. The van der Waals surface area contributed by atoms with Gasteiger partial charge in [0.1, 0.15) is 11.5 Å². The van der Waals surface area contributed by atoms with Crippen molar-refractivity contribution in [3.05, 3.63) is 57.8 Å². The first kappa shape index (κ1) is 22.7. The highest BCUT2D eigenvalue weighted by Gasteiger charge is 2.16. The van der Waals surface area contributed by atoms with E-state index in [1.165, 1.54) is 6.07 Å². The molecule has 8 nitrogen and oxygen atoms in total. The number of anilines is 1. The molecule has 0 atom stereocenters. The molecule has 3 N–H and O–H groups in total. The summed E-state index contributed by atoms with van der Waals surface area (Å²) in [6, 6.07) is 5.04. The predicted octanol–water partition coefficient (Wildman–Crippen LogP) is 4.06. The van der Waals surface area contributed by atoms with Crippen molar-refractivity contribution in [2.24, 2.45) is 0 Å². The van der Waals surface area contributed by atoms with Gasteiger partial charge in [-0.2, -0.15) is 4.98 Å². The minimum Gasteiger partial charge on any atom is -0.368 e. The van der Waals surface area contributed by atoms with Gasteiger partial charge in [-0.25, -0.2) is 9.37 Å². The monoisotopic (exact) mass is 448 g/mol. The SMILES string of the molecule is CCCCNc1nc(Cl)[nH]c1C(=O)NCCCc1noc(Cc2ccc(C)c(F)c2)n1. The van der Waals surface area contributed by atoms with Crippen LogP contribution in [0.25, 0.3) is 0 Å². The summed E-state index contributed by atoms with van der Waals surface area (Å²) in [4.78, 5) is 23.6. The molecule has 0 unspecified atom stereocenters. The standard InChI is InChI=1S/C21H26ClFN6O2/c1-3-4-9-24-19-18(27-21(22)28-19)20(30)25-10-5-6-16-26-17(31-29-16)12-14-8-7-13(2)15(23)11-14/h7-8,11,24H,3-6,9-10,12H2,1-2H3,(H,25,30)(H,27,28). The number of carbonyl (C=O) groups excluding carboxylic acids is 1. The second-order valence-corrected chi connectivity index (χ2v) is 7.61. The van der Waals surface area contributed by atoms with E-state index in [4.69, 9.17) is 16.1 Å². The van der Waals surface area contributed by atoms with Crippen molar-refractivity contribution >= 4 is 23.3 Å². The maximum absolute atomic E-state index is 13.7. The maximum Gasteiger partial charge on any atom is 0.271 e. The molecule has 0 saturated heterocycles. The van der Waals surface area contributed by atoms with Gasteiger partial charge in [0.15, 0.2) is 11.6 Å². The van der Waals surface area contributed by atoms with Gasteiger partial charge < -0.3 is 20.1 Å². The van der Waals surface area contributed by atoms with Crippen LogP contribution in [-0.4, -0.2) is 39.1 Å². The fourth-order valence-electron chi connectivity index (χ4n) is 2.94. The summed E-state index contributed by atoms with van der Waals surface area (Å²) in [5.74, 6) is 0.885. The number of imidazole rings is 1. The molecule has 0 aliphatic rings. The molecule has 0 fully saturated rings. The Hall–Kier alpha value is -2.94. The molecule has 1 amide bonds. The summed E-state index contributed by atoms with van der Waals surface area (Å²) in [6.07, 6.45) is 3.54. The third-order valence-corrected chi connectivity index (χ3v) is 4.87. The van der Waals surface area contributed by atoms with Gasteiger partial charge in [-0.3, -0.25) is 4.79 Å². The Kier molecular flexibility index (Phi) is 8.00. The molecule has 0 saturated carbocycles. The first-order chi connectivity index (χ1) is 15.0. The Morgan fingerprint density at radius 2 is 2.10 bits per heavy atom. The van der Waals surface area contributed by atoms with Crippen LogP contribution in [0.3, 0.4) is 0 Å². The van der Waals surface area contributed by atoms with E-state index in [-0.39, 0.29) is 17.0 Å². The second-order valence-electron chi connectivity index (χ2n) is 7.26. The van der Waals surface area contributed by atoms with Crippen LogP contribution in [0.5, 0.6) is 0 Å². The molecule has 0 spiro atoms. The molecule has 3 rings (SSSR count). The van der Waals surface area contributed by atoms with Crippen LogP contribution in [0, 0.1) is 12.7 Å². The number of nitrogens with zero attached hydrogens (tertiary/aromatic N) is 3. The fraction of sp³-hybridized carbons (Fsp3) is 0.429. The number of halogens is 2. The van der Waals surface area contributed by atoms with Gasteiger partial charge in [0.25, 0.3) is 5.91 Å². The smallest absolute Gasteiger partial charge is 0.271 e. The van der Waals surface area contributed by atoms with E-state index in [0.29, 0.717) is 61.1 Å². The molecule has 3 aromatic rings. The Labute approximate surface area is 185 Å². The zero-order valence-corrected chi connectivity index (χ0v) is 18.4. The van der Waals surface area contributed by atoms with Crippen molar-refractivity contribution in [3.63, 3.8) is 0 Å². The van der Waals surface area contributed by atoms with E-state index >= 15 is 0 Å². The first-order valence-electron chi connectivity index (χ1n) is 10.3. The molecule has 166 valence electrons. The molecule has 0 bridgehead atoms. The highest BCUT2D eigenvalue weighted by atomic mass is 35.5. The van der Waals surface area contributed by atoms with Gasteiger partial charge in [-0.1, -0.05) is 30.6 Å². The second kappa shape index (κ2) is 10.9. The normalized spacial score (nSPS) is 11.0. The number of rotatable bonds is 11. The van der Waals surface area contributed by atoms with Gasteiger partial charge in [-0.05, 0) is 48.6 Å². The van der Waals surface area contributed by atoms with E-state index in [1.807, 2.05) is 6.07 Å². The zero-order valence-electron chi connectivity index (χ0n) is 17.6. The molecular formula is C21H26ClFN6O2. The van der Waals surface area contributed by atoms with Crippen LogP contribution in [0.2, 0.25) is 5.28 Å². The largest absolute Gasteiger partial charge is 0.368 e. The molecule has 1 aromatic carbocycles. The van der Waals surface area contributed by atoms with Gasteiger partial charge >= 0.3 is 0 Å². The Morgan fingerprint density at radius 3 is 2.87 bits per heavy atom. The Balaban J connectivity index is 1.45. The first-order valence-corrected chi connectivity index (χ1v) is 10.7. The van der Waals surface area contributed by atoms with E-state index in [2.05, 4.69) is 37.7 Å². The highest BCUT2D eigenvalue weighted by molar-refractivity contribution is 6.28. The number of nitrogens with one attached hydrogen (secondary N) is 3. The van der Waals surface area contributed by atoms with Gasteiger partial charge in [-0.15, -0.1) is 0 Å². The van der Waals surface area contributed by atoms with Crippen molar-refractivity contribution in [2.75, 3.05) is 18.4 Å². The van der Waals surface area contributed by atoms with Crippen LogP contribution < -0.4 is 10.6 Å². The number of H-pyrrole nitrogens is 1. The topological polar surface area (TPSA) is 109 Å². The third-order valence-electron chi connectivity index (χ3n) is 4.69. The average molecular weight is 449 g/mol. The molecule has 0 radical (unpaired) electrons. The number of aromatic amines is 1. The maximum atomic E-state index is 13.7. The van der Waals surface area contributed by atoms with E-state index in [0.717, 1.165) is 18.4 Å². The van der Waals surface area contributed by atoms with Crippen molar-refractivity contribution in [1.29, 1.82) is 0 Å². The molecule has 31 heavy (non-hydrogen) atoms. The number of hydrogen-bond acceptors (Lipinski definition) is 6. The van der Waals surface area contributed by atoms with E-state index < -0.39 is 0 Å². The Morgan fingerprint density at radius 1 is 1.26 bits per heavy atom. The lowest BCUT2D eigenvalue weighted by Gasteiger charge is -2.06. The predicted molar refractivity (Wildman–Crippen MR) is 116 cm³/mol. The lowest BCUT2D eigenvalue weighted by atomic mass is 10.1. The van der Waals surface area contributed by atoms with Gasteiger partial charge in [0.2, 0.25) is 11.2 Å². The van der Waals surface area contributed by atoms with Crippen LogP contribution in [0.1, 0.15) is 59.5 Å². The summed E-state index contributed by atoms with van der Waals surface area (Å²) in [5, 5.41) is 10.1. The van der Waals surface area contributed by atoms with E-state index in [9.17, 15) is 9.18 Å². The van der Waals surface area contributed by atoms with Gasteiger partial charge in [0, 0.05) is 19.5 Å². The number of hydrogen-bond donors (Lipinski definition) is 3. The molecular weight excluding hydrogens is 423 g/mol. The van der Waals surface area contributed by atoms with E-state index in [1.54, 1.807) is 13.0 Å². The number of aryl methyl sites for hydroxylation is 2. The summed E-state index contributed by atoms with van der Waals surface area (Å²) in [6.45, 7) is 4.94. The minimum atomic E-state index is -0.284. The van der Waals surface area contributed by atoms with Gasteiger partial charge in [0.05, 0.1) is 6.42 Å². The number of aromatic nitrogens is 4. The average Bonchev–Trinajstić information content (AvgIpc) is 3.34. The van der Waals surface area contributed by atoms with Crippen molar-refractivity contribution in [3.8, 4) is 0 Å².